The lowest BCUT2D eigenvalue weighted by molar-refractivity contribution is -0.0395. The van der Waals surface area contributed by atoms with E-state index in [9.17, 15) is 9.18 Å². The molecule has 2 fully saturated rings. The molecular formula is C19H23FN4O3. The van der Waals surface area contributed by atoms with Crippen molar-refractivity contribution in [1.29, 1.82) is 0 Å². The van der Waals surface area contributed by atoms with Crippen LogP contribution in [0, 0.1) is 5.82 Å². The van der Waals surface area contributed by atoms with E-state index in [4.69, 9.17) is 9.47 Å². The van der Waals surface area contributed by atoms with Gasteiger partial charge in [0.2, 0.25) is 0 Å². The number of carbonyl (C=O) groups is 1. The Morgan fingerprint density at radius 3 is 2.70 bits per heavy atom. The normalized spacial score (nSPS) is 20.9. The molecule has 3 heterocycles. The molecule has 2 aromatic rings. The first-order valence-corrected chi connectivity index (χ1v) is 9.40. The van der Waals surface area contributed by atoms with Gasteiger partial charge in [0.05, 0.1) is 30.7 Å². The van der Waals surface area contributed by atoms with Crippen LogP contribution in [0.2, 0.25) is 0 Å². The number of amides is 1. The van der Waals surface area contributed by atoms with Crippen molar-refractivity contribution < 1.29 is 18.7 Å². The van der Waals surface area contributed by atoms with Gasteiger partial charge in [-0.25, -0.2) is 9.07 Å². The van der Waals surface area contributed by atoms with E-state index in [0.29, 0.717) is 25.4 Å². The van der Waals surface area contributed by atoms with E-state index in [1.165, 1.54) is 16.8 Å². The van der Waals surface area contributed by atoms with E-state index in [1.807, 2.05) is 0 Å². The molecule has 2 saturated heterocycles. The second-order valence-corrected chi connectivity index (χ2v) is 6.98. The van der Waals surface area contributed by atoms with Gasteiger partial charge in [-0.2, -0.15) is 0 Å². The summed E-state index contributed by atoms with van der Waals surface area (Å²) in [6.45, 7) is 2.75. The monoisotopic (exact) mass is 374 g/mol. The Balaban J connectivity index is 1.29. The fourth-order valence-electron chi connectivity index (χ4n) is 3.49. The van der Waals surface area contributed by atoms with Gasteiger partial charge in [0.15, 0.2) is 5.69 Å². The molecule has 1 amide bonds. The van der Waals surface area contributed by atoms with E-state index in [-0.39, 0.29) is 29.6 Å². The summed E-state index contributed by atoms with van der Waals surface area (Å²) in [7, 11) is 0. The highest BCUT2D eigenvalue weighted by Crippen LogP contribution is 2.19. The number of hydrogen-bond acceptors (Lipinski definition) is 5. The number of nitrogens with zero attached hydrogens (tertiary/aromatic N) is 4. The minimum atomic E-state index is -0.320. The Hall–Kier alpha value is -2.32. The van der Waals surface area contributed by atoms with E-state index < -0.39 is 0 Å². The topological polar surface area (TPSA) is 69.5 Å². The Kier molecular flexibility index (Phi) is 5.45. The molecule has 4 rings (SSSR count). The molecule has 2 aliphatic heterocycles. The van der Waals surface area contributed by atoms with Crippen LogP contribution in [-0.2, 0) is 9.47 Å². The van der Waals surface area contributed by atoms with E-state index in [1.54, 1.807) is 23.2 Å². The van der Waals surface area contributed by atoms with Crippen molar-refractivity contribution in [2.75, 3.05) is 26.3 Å². The Labute approximate surface area is 157 Å². The van der Waals surface area contributed by atoms with Crippen molar-refractivity contribution in [3.8, 4) is 5.69 Å². The Morgan fingerprint density at radius 1 is 1.22 bits per heavy atom. The zero-order chi connectivity index (χ0) is 18.6. The molecule has 1 aromatic heterocycles. The van der Waals surface area contributed by atoms with Crippen molar-refractivity contribution >= 4 is 5.91 Å². The third-order valence-electron chi connectivity index (χ3n) is 5.07. The van der Waals surface area contributed by atoms with Crippen LogP contribution in [0.4, 0.5) is 4.39 Å². The number of rotatable bonds is 5. The maximum Gasteiger partial charge on any atom is 0.276 e. The number of carbonyl (C=O) groups excluding carboxylic acids is 1. The second kappa shape index (κ2) is 8.14. The van der Waals surface area contributed by atoms with Gasteiger partial charge in [-0.1, -0.05) is 5.21 Å². The molecule has 8 heteroatoms. The predicted molar refractivity (Wildman–Crippen MR) is 95.2 cm³/mol. The number of ether oxygens (including phenoxy) is 2. The van der Waals surface area contributed by atoms with E-state index in [0.717, 1.165) is 32.3 Å². The second-order valence-electron chi connectivity index (χ2n) is 6.98. The molecule has 1 unspecified atom stereocenters. The number of halogens is 1. The zero-order valence-corrected chi connectivity index (χ0v) is 15.1. The van der Waals surface area contributed by atoms with Crippen LogP contribution < -0.4 is 0 Å². The van der Waals surface area contributed by atoms with Crippen molar-refractivity contribution in [1.82, 2.24) is 19.9 Å². The molecule has 0 aliphatic carbocycles. The standard InChI is InChI=1S/C19H23FN4O3/c20-14-3-5-15(6-4-14)24-12-18(21-22-24)19(25)23-9-7-16(8-10-23)27-13-17-2-1-11-26-17/h3-6,12,16-17H,1-2,7-11,13H2. The lowest BCUT2D eigenvalue weighted by atomic mass is 10.1. The van der Waals surface area contributed by atoms with Crippen LogP contribution >= 0.6 is 0 Å². The van der Waals surface area contributed by atoms with Gasteiger partial charge in [0, 0.05) is 19.7 Å². The third-order valence-corrected chi connectivity index (χ3v) is 5.07. The van der Waals surface area contributed by atoms with Crippen molar-refractivity contribution in [3.63, 3.8) is 0 Å². The van der Waals surface area contributed by atoms with Gasteiger partial charge in [-0.15, -0.1) is 5.10 Å². The van der Waals surface area contributed by atoms with Gasteiger partial charge >= 0.3 is 0 Å². The van der Waals surface area contributed by atoms with Crippen LogP contribution in [-0.4, -0.2) is 64.3 Å². The molecule has 1 aromatic carbocycles. The number of piperidine rings is 1. The van der Waals surface area contributed by atoms with Crippen LogP contribution in [0.15, 0.2) is 30.5 Å². The zero-order valence-electron chi connectivity index (χ0n) is 15.1. The third kappa shape index (κ3) is 4.33. The summed E-state index contributed by atoms with van der Waals surface area (Å²) in [6.07, 6.45) is 5.78. The SMILES string of the molecule is O=C(c1cn(-c2ccc(F)cc2)nn1)N1CCC(OCC2CCCO2)CC1. The molecule has 7 nitrogen and oxygen atoms in total. The highest BCUT2D eigenvalue weighted by molar-refractivity contribution is 5.92. The Bertz CT molecular complexity index is 766. The quantitative estimate of drug-likeness (QED) is 0.803. The lowest BCUT2D eigenvalue weighted by Gasteiger charge is -2.31. The summed E-state index contributed by atoms with van der Waals surface area (Å²) in [5.41, 5.74) is 0.947. The summed E-state index contributed by atoms with van der Waals surface area (Å²) in [5, 5.41) is 7.96. The van der Waals surface area contributed by atoms with E-state index in [2.05, 4.69) is 10.3 Å². The highest BCUT2D eigenvalue weighted by Gasteiger charge is 2.27. The summed E-state index contributed by atoms with van der Waals surface area (Å²) in [4.78, 5) is 14.4. The van der Waals surface area contributed by atoms with Crippen LogP contribution in [0.3, 0.4) is 0 Å². The molecule has 2 aliphatic rings. The molecule has 0 saturated carbocycles. The summed E-state index contributed by atoms with van der Waals surface area (Å²) in [5.74, 6) is -0.458. The Morgan fingerprint density at radius 2 is 2.00 bits per heavy atom. The first-order valence-electron chi connectivity index (χ1n) is 9.40. The first kappa shape index (κ1) is 18.1. The maximum absolute atomic E-state index is 13.0. The minimum absolute atomic E-state index is 0.138. The molecule has 1 atom stereocenters. The fraction of sp³-hybridized carbons (Fsp3) is 0.526. The summed E-state index contributed by atoms with van der Waals surface area (Å²) in [6, 6.07) is 5.88. The molecule has 0 radical (unpaired) electrons. The number of likely N-dealkylation sites (tertiary alicyclic amines) is 1. The average Bonchev–Trinajstić information content (AvgIpc) is 3.39. The molecule has 0 bridgehead atoms. The largest absolute Gasteiger partial charge is 0.376 e. The molecule has 0 spiro atoms. The van der Waals surface area contributed by atoms with Crippen LogP contribution in [0.25, 0.3) is 5.69 Å². The lowest BCUT2D eigenvalue weighted by Crippen LogP contribution is -2.41. The highest BCUT2D eigenvalue weighted by atomic mass is 19.1. The van der Waals surface area contributed by atoms with E-state index >= 15 is 0 Å². The van der Waals surface area contributed by atoms with Crippen LogP contribution in [0.5, 0.6) is 0 Å². The van der Waals surface area contributed by atoms with Crippen molar-refractivity contribution in [2.24, 2.45) is 0 Å². The van der Waals surface area contributed by atoms with Crippen LogP contribution in [0.1, 0.15) is 36.2 Å². The number of benzene rings is 1. The van der Waals surface area contributed by atoms with Gasteiger partial charge in [-0.3, -0.25) is 4.79 Å². The molecule has 144 valence electrons. The number of aromatic nitrogens is 3. The fourth-order valence-corrected chi connectivity index (χ4v) is 3.49. The smallest absolute Gasteiger partial charge is 0.276 e. The van der Waals surface area contributed by atoms with Gasteiger partial charge in [0.25, 0.3) is 5.91 Å². The van der Waals surface area contributed by atoms with Gasteiger partial charge in [0.1, 0.15) is 5.82 Å². The van der Waals surface area contributed by atoms with Crippen molar-refractivity contribution in [2.45, 2.75) is 37.9 Å². The van der Waals surface area contributed by atoms with Crippen molar-refractivity contribution in [3.05, 3.63) is 42.0 Å². The first-order chi connectivity index (χ1) is 13.2. The molecule has 0 N–H and O–H groups in total. The maximum atomic E-state index is 13.0. The summed E-state index contributed by atoms with van der Waals surface area (Å²) >= 11 is 0. The van der Waals surface area contributed by atoms with Gasteiger partial charge in [-0.05, 0) is 49.9 Å². The van der Waals surface area contributed by atoms with Gasteiger partial charge < -0.3 is 14.4 Å². The average molecular weight is 374 g/mol. The predicted octanol–water partition coefficient (Wildman–Crippen LogP) is 2.21. The summed E-state index contributed by atoms with van der Waals surface area (Å²) < 4.78 is 26.0. The molecule has 27 heavy (non-hydrogen) atoms. The number of hydrogen-bond donors (Lipinski definition) is 0. The minimum Gasteiger partial charge on any atom is -0.376 e. The molecular weight excluding hydrogens is 351 g/mol.